The molecule has 3 unspecified atom stereocenters. The standard InChI is InChI=1S/C17H21F3N2O/c1-2-4-13-14-5-3-6-16(23)22(14)15(9-21-13)10-7-11(18)17(20)12(19)8-10/h7-8,13-15,21H,2-6,9H2,1H3. The summed E-state index contributed by atoms with van der Waals surface area (Å²) in [5, 5.41) is 3.41. The Kier molecular flexibility index (Phi) is 4.62. The zero-order valence-electron chi connectivity index (χ0n) is 13.1. The van der Waals surface area contributed by atoms with Crippen LogP contribution in [0.25, 0.3) is 0 Å². The molecule has 0 aliphatic carbocycles. The van der Waals surface area contributed by atoms with Crippen LogP contribution in [0, 0.1) is 17.5 Å². The molecule has 0 saturated carbocycles. The number of hydrogen-bond donors (Lipinski definition) is 1. The molecule has 1 aromatic carbocycles. The first kappa shape index (κ1) is 16.3. The normalized spacial score (nSPS) is 27.9. The van der Waals surface area contributed by atoms with Crippen LogP contribution in [0.15, 0.2) is 12.1 Å². The van der Waals surface area contributed by atoms with E-state index in [-0.39, 0.29) is 18.0 Å². The van der Waals surface area contributed by atoms with Gasteiger partial charge < -0.3 is 10.2 Å². The topological polar surface area (TPSA) is 32.3 Å². The first-order valence-corrected chi connectivity index (χ1v) is 8.22. The molecule has 2 fully saturated rings. The van der Waals surface area contributed by atoms with Gasteiger partial charge in [0.25, 0.3) is 0 Å². The number of rotatable bonds is 3. The van der Waals surface area contributed by atoms with Crippen LogP contribution >= 0.6 is 0 Å². The van der Waals surface area contributed by atoms with Gasteiger partial charge in [0.1, 0.15) is 0 Å². The van der Waals surface area contributed by atoms with E-state index in [1.807, 2.05) is 0 Å². The third kappa shape index (κ3) is 2.96. The van der Waals surface area contributed by atoms with Crippen molar-refractivity contribution in [2.24, 2.45) is 0 Å². The first-order valence-electron chi connectivity index (χ1n) is 8.22. The number of nitrogens with zero attached hydrogens (tertiary/aromatic N) is 1. The molecule has 2 saturated heterocycles. The van der Waals surface area contributed by atoms with Crippen LogP contribution in [-0.2, 0) is 4.79 Å². The molecule has 0 spiro atoms. The molecule has 1 aromatic rings. The number of piperidine rings is 1. The SMILES string of the molecule is CCCC1NCC(c2cc(F)c(F)c(F)c2)N2C(=O)CCCC12. The number of piperazine rings is 1. The van der Waals surface area contributed by atoms with Crippen molar-refractivity contribution in [2.75, 3.05) is 6.54 Å². The molecule has 1 amide bonds. The highest BCUT2D eigenvalue weighted by Gasteiger charge is 2.42. The smallest absolute Gasteiger partial charge is 0.223 e. The van der Waals surface area contributed by atoms with Crippen molar-refractivity contribution in [1.29, 1.82) is 0 Å². The summed E-state index contributed by atoms with van der Waals surface area (Å²) in [6.07, 6.45) is 4.12. The number of benzene rings is 1. The highest BCUT2D eigenvalue weighted by molar-refractivity contribution is 5.78. The molecule has 0 radical (unpaired) electrons. The Morgan fingerprint density at radius 1 is 1.26 bits per heavy atom. The van der Waals surface area contributed by atoms with E-state index in [9.17, 15) is 18.0 Å². The summed E-state index contributed by atoms with van der Waals surface area (Å²) in [6, 6.07) is 1.79. The second kappa shape index (κ2) is 6.51. The van der Waals surface area contributed by atoms with E-state index < -0.39 is 23.5 Å². The minimum atomic E-state index is -1.47. The van der Waals surface area contributed by atoms with Gasteiger partial charge in [0.15, 0.2) is 17.5 Å². The van der Waals surface area contributed by atoms with E-state index in [2.05, 4.69) is 12.2 Å². The van der Waals surface area contributed by atoms with Gasteiger partial charge in [0.2, 0.25) is 5.91 Å². The lowest BCUT2D eigenvalue weighted by molar-refractivity contribution is -0.143. The molecule has 3 atom stereocenters. The second-order valence-corrected chi connectivity index (χ2v) is 6.38. The number of carbonyl (C=O) groups is 1. The monoisotopic (exact) mass is 326 g/mol. The Balaban J connectivity index is 1.94. The lowest BCUT2D eigenvalue weighted by Gasteiger charge is -2.49. The van der Waals surface area contributed by atoms with Crippen LogP contribution in [-0.4, -0.2) is 29.4 Å². The first-order chi connectivity index (χ1) is 11.0. The second-order valence-electron chi connectivity index (χ2n) is 6.38. The summed E-state index contributed by atoms with van der Waals surface area (Å²) in [7, 11) is 0. The number of amides is 1. The van der Waals surface area contributed by atoms with Crippen molar-refractivity contribution < 1.29 is 18.0 Å². The Morgan fingerprint density at radius 2 is 1.96 bits per heavy atom. The minimum absolute atomic E-state index is 0.0130. The molecule has 0 bridgehead atoms. The Labute approximate surface area is 133 Å². The molecular formula is C17H21F3N2O. The highest BCUT2D eigenvalue weighted by atomic mass is 19.2. The lowest BCUT2D eigenvalue weighted by atomic mass is 9.86. The lowest BCUT2D eigenvalue weighted by Crippen LogP contribution is -2.62. The zero-order chi connectivity index (χ0) is 16.6. The van der Waals surface area contributed by atoms with Crippen LogP contribution in [0.2, 0.25) is 0 Å². The average Bonchev–Trinajstić information content (AvgIpc) is 2.53. The van der Waals surface area contributed by atoms with Crippen LogP contribution in [0.3, 0.4) is 0 Å². The number of hydrogen-bond acceptors (Lipinski definition) is 2. The molecule has 2 heterocycles. The van der Waals surface area contributed by atoms with Crippen LogP contribution in [0.4, 0.5) is 13.2 Å². The molecule has 2 aliphatic heterocycles. The van der Waals surface area contributed by atoms with Crippen LogP contribution in [0.5, 0.6) is 0 Å². The molecule has 3 rings (SSSR count). The number of carbonyl (C=O) groups excluding carboxylic acids is 1. The van der Waals surface area contributed by atoms with Gasteiger partial charge in [0, 0.05) is 25.0 Å². The summed E-state index contributed by atoms with van der Waals surface area (Å²) in [4.78, 5) is 14.2. The average molecular weight is 326 g/mol. The maximum absolute atomic E-state index is 13.6. The number of fused-ring (bicyclic) bond motifs is 1. The predicted molar refractivity (Wildman–Crippen MR) is 80.2 cm³/mol. The molecule has 126 valence electrons. The van der Waals surface area contributed by atoms with Crippen molar-refractivity contribution in [2.45, 2.75) is 57.2 Å². The van der Waals surface area contributed by atoms with E-state index in [0.29, 0.717) is 18.5 Å². The van der Waals surface area contributed by atoms with Crippen molar-refractivity contribution in [3.8, 4) is 0 Å². The van der Waals surface area contributed by atoms with E-state index in [1.54, 1.807) is 4.90 Å². The maximum Gasteiger partial charge on any atom is 0.223 e. The van der Waals surface area contributed by atoms with Crippen molar-refractivity contribution in [1.82, 2.24) is 10.2 Å². The van der Waals surface area contributed by atoms with Gasteiger partial charge in [-0.15, -0.1) is 0 Å². The van der Waals surface area contributed by atoms with Gasteiger partial charge in [-0.1, -0.05) is 13.3 Å². The summed E-state index contributed by atoms with van der Waals surface area (Å²) >= 11 is 0. The zero-order valence-corrected chi connectivity index (χ0v) is 13.1. The van der Waals surface area contributed by atoms with Gasteiger partial charge in [-0.25, -0.2) is 13.2 Å². The Morgan fingerprint density at radius 3 is 2.61 bits per heavy atom. The fourth-order valence-corrected chi connectivity index (χ4v) is 3.86. The maximum atomic E-state index is 13.6. The van der Waals surface area contributed by atoms with Gasteiger partial charge in [-0.3, -0.25) is 4.79 Å². The van der Waals surface area contributed by atoms with E-state index >= 15 is 0 Å². The van der Waals surface area contributed by atoms with Crippen LogP contribution < -0.4 is 5.32 Å². The van der Waals surface area contributed by atoms with Gasteiger partial charge >= 0.3 is 0 Å². The van der Waals surface area contributed by atoms with Crippen molar-refractivity contribution in [3.05, 3.63) is 35.1 Å². The molecule has 0 aromatic heterocycles. The van der Waals surface area contributed by atoms with E-state index in [0.717, 1.165) is 37.8 Å². The summed E-state index contributed by atoms with van der Waals surface area (Å²) in [5.74, 6) is -3.88. The summed E-state index contributed by atoms with van der Waals surface area (Å²) < 4.78 is 40.4. The number of nitrogens with one attached hydrogen (secondary N) is 1. The van der Waals surface area contributed by atoms with E-state index in [1.165, 1.54) is 0 Å². The molecule has 2 aliphatic rings. The van der Waals surface area contributed by atoms with Crippen molar-refractivity contribution >= 4 is 5.91 Å². The summed E-state index contributed by atoms with van der Waals surface area (Å²) in [5.41, 5.74) is 0.309. The Hall–Kier alpha value is -1.56. The van der Waals surface area contributed by atoms with Gasteiger partial charge in [-0.2, -0.15) is 0 Å². The van der Waals surface area contributed by atoms with Gasteiger partial charge in [0.05, 0.1) is 6.04 Å². The Bertz CT molecular complexity index is 584. The minimum Gasteiger partial charge on any atom is -0.330 e. The molecule has 1 N–H and O–H groups in total. The van der Waals surface area contributed by atoms with Crippen LogP contribution in [0.1, 0.15) is 50.6 Å². The predicted octanol–water partition coefficient (Wildman–Crippen LogP) is 3.30. The summed E-state index contributed by atoms with van der Waals surface area (Å²) in [6.45, 7) is 2.52. The highest BCUT2D eigenvalue weighted by Crippen LogP contribution is 2.35. The quantitative estimate of drug-likeness (QED) is 0.865. The third-order valence-corrected chi connectivity index (χ3v) is 4.90. The number of halogens is 3. The fraction of sp³-hybridized carbons (Fsp3) is 0.588. The molecular weight excluding hydrogens is 305 g/mol. The molecule has 23 heavy (non-hydrogen) atoms. The van der Waals surface area contributed by atoms with Gasteiger partial charge in [-0.05, 0) is 37.0 Å². The van der Waals surface area contributed by atoms with Crippen molar-refractivity contribution in [3.63, 3.8) is 0 Å². The third-order valence-electron chi connectivity index (χ3n) is 4.90. The molecule has 6 heteroatoms. The fourth-order valence-electron chi connectivity index (χ4n) is 3.86. The molecule has 3 nitrogen and oxygen atoms in total. The largest absolute Gasteiger partial charge is 0.330 e. The van der Waals surface area contributed by atoms with E-state index in [4.69, 9.17) is 0 Å².